The van der Waals surface area contributed by atoms with Crippen LogP contribution in [0.2, 0.25) is 0 Å². The molecule has 20 heavy (non-hydrogen) atoms. The van der Waals surface area contributed by atoms with Crippen LogP contribution in [0, 0.1) is 18.3 Å². The van der Waals surface area contributed by atoms with Gasteiger partial charge in [-0.3, -0.25) is 4.90 Å². The molecule has 0 radical (unpaired) electrons. The van der Waals surface area contributed by atoms with E-state index in [1.165, 1.54) is 49.9 Å². The van der Waals surface area contributed by atoms with Gasteiger partial charge in [-0.25, -0.2) is 0 Å². The zero-order chi connectivity index (χ0) is 13.9. The van der Waals surface area contributed by atoms with Crippen LogP contribution in [-0.2, 0) is 6.54 Å². The van der Waals surface area contributed by atoms with Gasteiger partial charge in [0.15, 0.2) is 0 Å². The number of nitriles is 1. The Morgan fingerprint density at radius 2 is 2.25 bits per heavy atom. The lowest BCUT2D eigenvalue weighted by atomic mass is 10.0. The van der Waals surface area contributed by atoms with Gasteiger partial charge in [0.1, 0.15) is 0 Å². The highest BCUT2D eigenvalue weighted by molar-refractivity contribution is 5.37. The maximum atomic E-state index is 8.95. The Bertz CT molecular complexity index is 511. The molecule has 2 atom stereocenters. The van der Waals surface area contributed by atoms with E-state index in [0.717, 1.165) is 12.1 Å². The fourth-order valence-electron chi connectivity index (χ4n) is 3.71. The van der Waals surface area contributed by atoms with Gasteiger partial charge >= 0.3 is 0 Å². The number of hydrogen-bond donors (Lipinski definition) is 1. The van der Waals surface area contributed by atoms with Crippen LogP contribution in [0.1, 0.15) is 42.4 Å². The van der Waals surface area contributed by atoms with Crippen LogP contribution in [0.5, 0.6) is 0 Å². The summed E-state index contributed by atoms with van der Waals surface area (Å²) in [6.07, 6.45) is 5.30. The van der Waals surface area contributed by atoms with E-state index in [2.05, 4.69) is 29.3 Å². The number of benzene rings is 1. The quantitative estimate of drug-likeness (QED) is 0.916. The minimum atomic E-state index is 0.691. The van der Waals surface area contributed by atoms with Crippen LogP contribution in [0.3, 0.4) is 0 Å². The van der Waals surface area contributed by atoms with Crippen molar-refractivity contribution in [1.82, 2.24) is 10.2 Å². The first-order valence-corrected chi connectivity index (χ1v) is 7.75. The summed E-state index contributed by atoms with van der Waals surface area (Å²) in [7, 11) is 0. The first-order chi connectivity index (χ1) is 9.78. The van der Waals surface area contributed by atoms with Gasteiger partial charge in [-0.05, 0) is 69.0 Å². The molecule has 1 aromatic rings. The molecule has 0 amide bonds. The highest BCUT2D eigenvalue weighted by Gasteiger charge is 2.33. The fourth-order valence-corrected chi connectivity index (χ4v) is 3.71. The van der Waals surface area contributed by atoms with E-state index >= 15 is 0 Å². The van der Waals surface area contributed by atoms with Crippen molar-refractivity contribution >= 4 is 0 Å². The van der Waals surface area contributed by atoms with Crippen molar-refractivity contribution in [2.45, 2.75) is 51.2 Å². The van der Waals surface area contributed by atoms with Crippen molar-refractivity contribution in [3.8, 4) is 6.07 Å². The molecule has 3 rings (SSSR count). The molecule has 3 nitrogen and oxygen atoms in total. The molecule has 2 saturated heterocycles. The minimum absolute atomic E-state index is 0.691. The summed E-state index contributed by atoms with van der Waals surface area (Å²) < 4.78 is 0. The van der Waals surface area contributed by atoms with Gasteiger partial charge in [-0.15, -0.1) is 0 Å². The fraction of sp³-hybridized carbons (Fsp3) is 0.588. The summed E-state index contributed by atoms with van der Waals surface area (Å²) in [6.45, 7) is 5.54. The van der Waals surface area contributed by atoms with Crippen molar-refractivity contribution in [2.24, 2.45) is 0 Å². The highest BCUT2D eigenvalue weighted by atomic mass is 15.2. The lowest BCUT2D eigenvalue weighted by molar-refractivity contribution is 0.206. The summed E-state index contributed by atoms with van der Waals surface area (Å²) >= 11 is 0. The van der Waals surface area contributed by atoms with Gasteiger partial charge in [0.25, 0.3) is 0 Å². The van der Waals surface area contributed by atoms with Crippen LogP contribution < -0.4 is 5.32 Å². The normalized spacial score (nSPS) is 26.8. The lowest BCUT2D eigenvalue weighted by Gasteiger charge is -2.30. The van der Waals surface area contributed by atoms with Gasteiger partial charge in [0.2, 0.25) is 0 Å². The average molecular weight is 269 g/mol. The van der Waals surface area contributed by atoms with E-state index in [1.54, 1.807) is 0 Å². The van der Waals surface area contributed by atoms with Gasteiger partial charge in [0.05, 0.1) is 11.6 Å². The second-order valence-electron chi connectivity index (χ2n) is 6.14. The summed E-state index contributed by atoms with van der Waals surface area (Å²) in [6, 6.07) is 9.70. The molecular weight excluding hydrogens is 246 g/mol. The average Bonchev–Trinajstić information content (AvgIpc) is 3.11. The number of aryl methyl sites for hydroxylation is 1. The number of hydrogen-bond acceptors (Lipinski definition) is 3. The molecule has 2 aliphatic rings. The zero-order valence-electron chi connectivity index (χ0n) is 12.2. The molecule has 2 heterocycles. The molecule has 0 spiro atoms. The smallest absolute Gasteiger partial charge is 0.0991 e. The van der Waals surface area contributed by atoms with Gasteiger partial charge < -0.3 is 5.32 Å². The van der Waals surface area contributed by atoms with E-state index in [1.807, 2.05) is 12.1 Å². The Hall–Kier alpha value is -1.37. The highest BCUT2D eigenvalue weighted by Crippen LogP contribution is 2.27. The summed E-state index contributed by atoms with van der Waals surface area (Å²) in [5.74, 6) is 0. The molecule has 0 aliphatic carbocycles. The lowest BCUT2D eigenvalue weighted by Crippen LogP contribution is -2.43. The van der Waals surface area contributed by atoms with E-state index < -0.39 is 0 Å². The van der Waals surface area contributed by atoms with Crippen molar-refractivity contribution < 1.29 is 0 Å². The molecule has 2 unspecified atom stereocenters. The second-order valence-corrected chi connectivity index (χ2v) is 6.14. The Balaban J connectivity index is 1.71. The van der Waals surface area contributed by atoms with E-state index in [9.17, 15) is 0 Å². The van der Waals surface area contributed by atoms with Crippen molar-refractivity contribution in [2.75, 3.05) is 13.1 Å². The first kappa shape index (κ1) is 13.6. The Morgan fingerprint density at radius 1 is 1.35 bits per heavy atom. The zero-order valence-corrected chi connectivity index (χ0v) is 12.2. The molecule has 106 valence electrons. The van der Waals surface area contributed by atoms with Crippen molar-refractivity contribution in [3.63, 3.8) is 0 Å². The molecule has 0 saturated carbocycles. The largest absolute Gasteiger partial charge is 0.312 e. The number of likely N-dealkylation sites (tertiary alicyclic amines) is 1. The topological polar surface area (TPSA) is 39.1 Å². The van der Waals surface area contributed by atoms with Crippen LogP contribution >= 0.6 is 0 Å². The van der Waals surface area contributed by atoms with Crippen LogP contribution in [0.4, 0.5) is 0 Å². The molecule has 1 aromatic carbocycles. The molecule has 2 fully saturated rings. The summed E-state index contributed by atoms with van der Waals surface area (Å²) in [5, 5.41) is 12.6. The predicted octanol–water partition coefficient (Wildman–Crippen LogP) is 2.58. The molecule has 2 aliphatic heterocycles. The second kappa shape index (κ2) is 5.95. The van der Waals surface area contributed by atoms with Gasteiger partial charge in [0, 0.05) is 18.6 Å². The van der Waals surface area contributed by atoms with Crippen molar-refractivity contribution in [3.05, 3.63) is 34.9 Å². The summed E-state index contributed by atoms with van der Waals surface area (Å²) in [4.78, 5) is 2.64. The van der Waals surface area contributed by atoms with Crippen LogP contribution in [0.15, 0.2) is 18.2 Å². The Labute approximate surface area is 121 Å². The molecule has 0 aromatic heterocycles. The van der Waals surface area contributed by atoms with Gasteiger partial charge in [-0.2, -0.15) is 5.26 Å². The van der Waals surface area contributed by atoms with Crippen LogP contribution in [0.25, 0.3) is 0 Å². The molecule has 0 bridgehead atoms. The SMILES string of the molecule is Cc1cc(C#N)ccc1CN1CCCC1C1CCCN1. The summed E-state index contributed by atoms with van der Waals surface area (Å²) in [5.41, 5.74) is 3.38. The third-order valence-electron chi connectivity index (χ3n) is 4.82. The first-order valence-electron chi connectivity index (χ1n) is 7.75. The predicted molar refractivity (Wildman–Crippen MR) is 80.4 cm³/mol. The van der Waals surface area contributed by atoms with Crippen LogP contribution in [-0.4, -0.2) is 30.1 Å². The minimum Gasteiger partial charge on any atom is -0.312 e. The van der Waals surface area contributed by atoms with E-state index in [0.29, 0.717) is 12.1 Å². The third kappa shape index (κ3) is 2.72. The molecular formula is C17H23N3. The monoisotopic (exact) mass is 269 g/mol. The van der Waals surface area contributed by atoms with Gasteiger partial charge in [-0.1, -0.05) is 6.07 Å². The molecule has 3 heteroatoms. The molecule has 1 N–H and O–H groups in total. The third-order valence-corrected chi connectivity index (χ3v) is 4.82. The van der Waals surface area contributed by atoms with Crippen molar-refractivity contribution in [1.29, 1.82) is 5.26 Å². The maximum Gasteiger partial charge on any atom is 0.0991 e. The maximum absolute atomic E-state index is 8.95. The number of nitrogens with one attached hydrogen (secondary N) is 1. The Kier molecular flexibility index (Phi) is 4.05. The van der Waals surface area contributed by atoms with E-state index in [-0.39, 0.29) is 0 Å². The number of nitrogens with zero attached hydrogens (tertiary/aromatic N) is 2. The number of rotatable bonds is 3. The Morgan fingerprint density at radius 3 is 2.95 bits per heavy atom. The van der Waals surface area contributed by atoms with E-state index in [4.69, 9.17) is 5.26 Å². The standard InChI is InChI=1S/C17H23N3/c1-13-10-14(11-18)6-7-15(13)12-20-9-3-5-17(20)16-4-2-8-19-16/h6-7,10,16-17,19H,2-5,8-9,12H2,1H3.